The molecule has 0 spiro atoms. The molecule has 1 aromatic rings. The lowest BCUT2D eigenvalue weighted by atomic mass is 9.86. The first-order valence-electron chi connectivity index (χ1n) is 9.60. The van der Waals surface area contributed by atoms with Crippen LogP contribution in [0.1, 0.15) is 32.8 Å². The second-order valence-electron chi connectivity index (χ2n) is 8.51. The number of hydrogen-bond donors (Lipinski definition) is 0. The Kier molecular flexibility index (Phi) is 5.82. The SMILES string of the molecule is CC(C)(C)c1ccccc1OCC(=O)N1CCN(C2CCS(=O)(=O)C2)CC1. The lowest BCUT2D eigenvalue weighted by Crippen LogP contribution is -2.53. The van der Waals surface area contributed by atoms with Crippen molar-refractivity contribution in [3.8, 4) is 5.75 Å². The molecule has 0 aromatic heterocycles. The molecule has 2 fully saturated rings. The van der Waals surface area contributed by atoms with Gasteiger partial charge in [-0.2, -0.15) is 0 Å². The summed E-state index contributed by atoms with van der Waals surface area (Å²) in [4.78, 5) is 16.6. The molecule has 7 heteroatoms. The predicted octanol–water partition coefficient (Wildman–Crippen LogP) is 1.69. The molecule has 1 amide bonds. The number of hydrogen-bond acceptors (Lipinski definition) is 5. The van der Waals surface area contributed by atoms with Gasteiger partial charge in [-0.15, -0.1) is 0 Å². The molecule has 0 radical (unpaired) electrons. The first-order chi connectivity index (χ1) is 12.7. The van der Waals surface area contributed by atoms with E-state index in [0.29, 0.717) is 19.5 Å². The number of amides is 1. The quantitative estimate of drug-likeness (QED) is 0.778. The zero-order chi connectivity index (χ0) is 19.7. The molecule has 27 heavy (non-hydrogen) atoms. The van der Waals surface area contributed by atoms with Crippen LogP contribution in [0.15, 0.2) is 24.3 Å². The molecule has 0 saturated carbocycles. The average molecular weight is 395 g/mol. The van der Waals surface area contributed by atoms with Crippen molar-refractivity contribution in [2.75, 3.05) is 44.3 Å². The Balaban J connectivity index is 1.51. The van der Waals surface area contributed by atoms with Gasteiger partial charge in [0.1, 0.15) is 5.75 Å². The topological polar surface area (TPSA) is 66.9 Å². The summed E-state index contributed by atoms with van der Waals surface area (Å²) >= 11 is 0. The fourth-order valence-corrected chi connectivity index (χ4v) is 5.60. The first-order valence-corrected chi connectivity index (χ1v) is 11.4. The highest BCUT2D eigenvalue weighted by Gasteiger charge is 2.34. The Bertz CT molecular complexity index is 777. The van der Waals surface area contributed by atoms with E-state index in [0.717, 1.165) is 24.4 Å². The maximum Gasteiger partial charge on any atom is 0.260 e. The van der Waals surface area contributed by atoms with E-state index in [1.807, 2.05) is 29.2 Å². The van der Waals surface area contributed by atoms with Crippen LogP contribution >= 0.6 is 0 Å². The zero-order valence-corrected chi connectivity index (χ0v) is 17.3. The van der Waals surface area contributed by atoms with Crippen LogP contribution in [0, 0.1) is 0 Å². The van der Waals surface area contributed by atoms with Crippen molar-refractivity contribution in [1.82, 2.24) is 9.80 Å². The smallest absolute Gasteiger partial charge is 0.260 e. The summed E-state index contributed by atoms with van der Waals surface area (Å²) in [6.45, 7) is 9.11. The zero-order valence-electron chi connectivity index (χ0n) is 16.5. The summed E-state index contributed by atoms with van der Waals surface area (Å²) in [6.07, 6.45) is 0.711. The molecule has 2 aliphatic heterocycles. The van der Waals surface area contributed by atoms with Crippen molar-refractivity contribution in [2.45, 2.75) is 38.6 Å². The van der Waals surface area contributed by atoms with Crippen molar-refractivity contribution >= 4 is 15.7 Å². The molecule has 2 saturated heterocycles. The van der Waals surface area contributed by atoms with Gasteiger partial charge in [0.05, 0.1) is 11.5 Å². The predicted molar refractivity (Wildman–Crippen MR) is 106 cm³/mol. The number of nitrogens with zero attached hydrogens (tertiary/aromatic N) is 2. The van der Waals surface area contributed by atoms with Crippen molar-refractivity contribution in [2.24, 2.45) is 0 Å². The van der Waals surface area contributed by atoms with Crippen LogP contribution in [-0.4, -0.2) is 74.5 Å². The van der Waals surface area contributed by atoms with E-state index in [1.165, 1.54) is 0 Å². The van der Waals surface area contributed by atoms with E-state index in [4.69, 9.17) is 4.74 Å². The molecule has 2 heterocycles. The first kappa shape index (κ1) is 20.1. The summed E-state index contributed by atoms with van der Waals surface area (Å²) in [5.74, 6) is 1.29. The fourth-order valence-electron chi connectivity index (χ4n) is 3.84. The molecule has 0 bridgehead atoms. The number of ether oxygens (including phenoxy) is 1. The van der Waals surface area contributed by atoms with Crippen molar-refractivity contribution in [3.63, 3.8) is 0 Å². The molecule has 1 atom stereocenters. The fraction of sp³-hybridized carbons (Fsp3) is 0.650. The van der Waals surface area contributed by atoms with Gasteiger partial charge in [0.2, 0.25) is 0 Å². The summed E-state index contributed by atoms with van der Waals surface area (Å²) < 4.78 is 29.2. The van der Waals surface area contributed by atoms with E-state index in [9.17, 15) is 13.2 Å². The Morgan fingerprint density at radius 3 is 2.41 bits per heavy atom. The minimum absolute atomic E-state index is 0.0163. The highest BCUT2D eigenvalue weighted by Crippen LogP contribution is 2.31. The second kappa shape index (κ2) is 7.80. The van der Waals surface area contributed by atoms with Gasteiger partial charge in [0.25, 0.3) is 5.91 Å². The Hall–Kier alpha value is -1.60. The lowest BCUT2D eigenvalue weighted by Gasteiger charge is -2.37. The van der Waals surface area contributed by atoms with Crippen LogP contribution in [0.5, 0.6) is 5.75 Å². The summed E-state index contributed by atoms with van der Waals surface area (Å²) in [5, 5.41) is 0. The van der Waals surface area contributed by atoms with Gasteiger partial charge in [-0.1, -0.05) is 39.0 Å². The summed E-state index contributed by atoms with van der Waals surface area (Å²) in [5.41, 5.74) is 1.04. The number of rotatable bonds is 4. The van der Waals surface area contributed by atoms with Crippen molar-refractivity contribution in [1.29, 1.82) is 0 Å². The molecule has 0 N–H and O–H groups in total. The lowest BCUT2D eigenvalue weighted by molar-refractivity contribution is -0.135. The summed E-state index contributed by atoms with van der Waals surface area (Å²) in [6, 6.07) is 7.96. The molecule has 1 aromatic carbocycles. The molecule has 2 aliphatic rings. The molecule has 3 rings (SSSR count). The number of para-hydroxylation sites is 1. The highest BCUT2D eigenvalue weighted by atomic mass is 32.2. The molecular weight excluding hydrogens is 364 g/mol. The minimum atomic E-state index is -2.87. The third-order valence-electron chi connectivity index (χ3n) is 5.44. The molecule has 6 nitrogen and oxygen atoms in total. The molecular formula is C20H30N2O4S. The van der Waals surface area contributed by atoms with Crippen molar-refractivity contribution < 1.29 is 17.9 Å². The molecule has 150 valence electrons. The van der Waals surface area contributed by atoms with Gasteiger partial charge < -0.3 is 9.64 Å². The highest BCUT2D eigenvalue weighted by molar-refractivity contribution is 7.91. The van der Waals surface area contributed by atoms with E-state index >= 15 is 0 Å². The maximum atomic E-state index is 12.5. The van der Waals surface area contributed by atoms with Gasteiger partial charge in [-0.3, -0.25) is 9.69 Å². The monoisotopic (exact) mass is 394 g/mol. The van der Waals surface area contributed by atoms with Crippen LogP contribution in [0.4, 0.5) is 0 Å². The Morgan fingerprint density at radius 1 is 1.15 bits per heavy atom. The molecule has 1 unspecified atom stereocenters. The normalized spacial score (nSPS) is 23.4. The number of benzene rings is 1. The number of carbonyl (C=O) groups excluding carboxylic acids is 1. The van der Waals surface area contributed by atoms with Crippen LogP contribution in [0.3, 0.4) is 0 Å². The molecule has 0 aliphatic carbocycles. The third kappa shape index (κ3) is 5.02. The van der Waals surface area contributed by atoms with E-state index in [2.05, 4.69) is 25.7 Å². The van der Waals surface area contributed by atoms with Crippen molar-refractivity contribution in [3.05, 3.63) is 29.8 Å². The Labute approximate surface area is 162 Å². The van der Waals surface area contributed by atoms with Crippen LogP contribution in [-0.2, 0) is 20.0 Å². The second-order valence-corrected chi connectivity index (χ2v) is 10.7. The van der Waals surface area contributed by atoms with E-state index < -0.39 is 9.84 Å². The van der Waals surface area contributed by atoms with Gasteiger partial charge >= 0.3 is 0 Å². The van der Waals surface area contributed by atoms with Gasteiger partial charge in [0.15, 0.2) is 16.4 Å². The Morgan fingerprint density at radius 2 is 1.81 bits per heavy atom. The number of piperazine rings is 1. The summed E-state index contributed by atoms with van der Waals surface area (Å²) in [7, 11) is -2.87. The van der Waals surface area contributed by atoms with E-state index in [1.54, 1.807) is 0 Å². The van der Waals surface area contributed by atoms with E-state index in [-0.39, 0.29) is 35.5 Å². The third-order valence-corrected chi connectivity index (χ3v) is 7.19. The maximum absolute atomic E-state index is 12.5. The largest absolute Gasteiger partial charge is 0.483 e. The van der Waals surface area contributed by atoms with Crippen LogP contribution < -0.4 is 4.74 Å². The average Bonchev–Trinajstić information content (AvgIpc) is 2.99. The number of sulfone groups is 1. The van der Waals surface area contributed by atoms with Gasteiger partial charge in [-0.25, -0.2) is 8.42 Å². The standard InChI is InChI=1S/C20H30N2O4S/c1-20(2,3)17-6-4-5-7-18(17)26-14-19(23)22-11-9-21(10-12-22)16-8-13-27(24,25)15-16/h4-7,16H,8-15H2,1-3H3. The van der Waals surface area contributed by atoms with Crippen LogP contribution in [0.25, 0.3) is 0 Å². The minimum Gasteiger partial charge on any atom is -0.483 e. The van der Waals surface area contributed by atoms with Crippen LogP contribution in [0.2, 0.25) is 0 Å². The van der Waals surface area contributed by atoms with Gasteiger partial charge in [0, 0.05) is 32.2 Å². The number of carbonyl (C=O) groups is 1. The van der Waals surface area contributed by atoms with Gasteiger partial charge in [-0.05, 0) is 23.5 Å².